The van der Waals surface area contributed by atoms with Crippen molar-refractivity contribution in [3.63, 3.8) is 0 Å². The van der Waals surface area contributed by atoms with E-state index in [1.165, 1.54) is 16.7 Å². The molecule has 19 heavy (non-hydrogen) atoms. The van der Waals surface area contributed by atoms with E-state index in [1.807, 2.05) is 19.0 Å². The summed E-state index contributed by atoms with van der Waals surface area (Å²) in [5, 5.41) is 16.1. The van der Waals surface area contributed by atoms with Crippen molar-refractivity contribution in [3.05, 3.63) is 16.1 Å². The van der Waals surface area contributed by atoms with Gasteiger partial charge in [0.15, 0.2) is 5.69 Å². The number of urea groups is 1. The molecule has 0 saturated heterocycles. The Bertz CT molecular complexity index is 433. The van der Waals surface area contributed by atoms with Crippen LogP contribution in [0, 0.1) is 0 Å². The van der Waals surface area contributed by atoms with Crippen LogP contribution in [0.15, 0.2) is 5.38 Å². The topological polar surface area (TPSA) is 94.6 Å². The van der Waals surface area contributed by atoms with Gasteiger partial charge in [0.1, 0.15) is 5.01 Å². The van der Waals surface area contributed by atoms with Gasteiger partial charge >= 0.3 is 12.0 Å². The van der Waals surface area contributed by atoms with Crippen molar-refractivity contribution >= 4 is 23.3 Å². The first kappa shape index (κ1) is 15.4. The number of thiazole rings is 1. The normalized spacial score (nSPS) is 10.5. The molecule has 1 aromatic heterocycles. The maximum atomic E-state index is 11.4. The van der Waals surface area contributed by atoms with Crippen molar-refractivity contribution < 1.29 is 14.7 Å². The van der Waals surface area contributed by atoms with Gasteiger partial charge < -0.3 is 20.6 Å². The Balaban J connectivity index is 2.20. The van der Waals surface area contributed by atoms with E-state index < -0.39 is 5.97 Å². The van der Waals surface area contributed by atoms with Crippen LogP contribution >= 0.6 is 11.3 Å². The first-order valence-electron chi connectivity index (χ1n) is 5.83. The van der Waals surface area contributed by atoms with Crippen LogP contribution in [0.25, 0.3) is 0 Å². The lowest BCUT2D eigenvalue weighted by Crippen LogP contribution is -2.36. The molecule has 0 aromatic carbocycles. The first-order valence-corrected chi connectivity index (χ1v) is 6.71. The van der Waals surface area contributed by atoms with E-state index >= 15 is 0 Å². The highest BCUT2D eigenvalue weighted by Gasteiger charge is 2.09. The Morgan fingerprint density at radius 3 is 2.74 bits per heavy atom. The summed E-state index contributed by atoms with van der Waals surface area (Å²) >= 11 is 1.21. The third-order valence-corrected chi connectivity index (χ3v) is 3.09. The molecule has 8 heteroatoms. The minimum absolute atomic E-state index is 0.00758. The molecule has 0 radical (unpaired) electrons. The summed E-state index contributed by atoms with van der Waals surface area (Å²) in [4.78, 5) is 28.0. The van der Waals surface area contributed by atoms with Gasteiger partial charge in [-0.15, -0.1) is 11.3 Å². The molecule has 0 spiro atoms. The lowest BCUT2D eigenvalue weighted by atomic mass is 10.4. The summed E-state index contributed by atoms with van der Waals surface area (Å²) in [7, 11) is 3.95. The lowest BCUT2D eigenvalue weighted by molar-refractivity contribution is 0.0691. The summed E-state index contributed by atoms with van der Waals surface area (Å²) in [6.07, 6.45) is 0.876. The van der Waals surface area contributed by atoms with Crippen molar-refractivity contribution in [2.45, 2.75) is 13.0 Å². The monoisotopic (exact) mass is 286 g/mol. The van der Waals surface area contributed by atoms with Crippen molar-refractivity contribution in [2.75, 3.05) is 27.2 Å². The molecule has 0 aliphatic rings. The van der Waals surface area contributed by atoms with Crippen LogP contribution in [0.3, 0.4) is 0 Å². The Morgan fingerprint density at radius 1 is 1.42 bits per heavy atom. The van der Waals surface area contributed by atoms with Crippen LogP contribution in [-0.4, -0.2) is 54.2 Å². The molecule has 1 rings (SSSR count). The average Bonchev–Trinajstić information content (AvgIpc) is 2.81. The fraction of sp³-hybridized carbons (Fsp3) is 0.545. The number of hydrogen-bond donors (Lipinski definition) is 3. The number of nitrogens with zero attached hydrogens (tertiary/aromatic N) is 2. The zero-order valence-electron chi connectivity index (χ0n) is 11.0. The van der Waals surface area contributed by atoms with E-state index in [-0.39, 0.29) is 18.3 Å². The molecule has 7 nitrogen and oxygen atoms in total. The Labute approximate surface area is 115 Å². The van der Waals surface area contributed by atoms with E-state index in [0.717, 1.165) is 13.0 Å². The van der Waals surface area contributed by atoms with Crippen LogP contribution < -0.4 is 10.6 Å². The number of carboxylic acid groups (broad SMARTS) is 1. The van der Waals surface area contributed by atoms with Gasteiger partial charge in [-0.2, -0.15) is 0 Å². The quantitative estimate of drug-likeness (QED) is 0.638. The molecule has 1 aromatic rings. The number of rotatable bonds is 7. The smallest absolute Gasteiger partial charge is 0.355 e. The lowest BCUT2D eigenvalue weighted by Gasteiger charge is -2.10. The van der Waals surface area contributed by atoms with Gasteiger partial charge in [-0.3, -0.25) is 0 Å². The van der Waals surface area contributed by atoms with Gasteiger partial charge in [-0.25, -0.2) is 14.6 Å². The molecule has 0 atom stereocenters. The Kier molecular flexibility index (Phi) is 6.23. The molecule has 0 aliphatic carbocycles. The van der Waals surface area contributed by atoms with Crippen LogP contribution in [0.1, 0.15) is 21.9 Å². The summed E-state index contributed by atoms with van der Waals surface area (Å²) in [6.45, 7) is 1.74. The minimum Gasteiger partial charge on any atom is -0.476 e. The summed E-state index contributed by atoms with van der Waals surface area (Å²) in [5.41, 5.74) is 0.00758. The number of carbonyl (C=O) groups is 2. The second-order valence-electron chi connectivity index (χ2n) is 4.20. The molecule has 2 amide bonds. The van der Waals surface area contributed by atoms with Gasteiger partial charge in [0.2, 0.25) is 0 Å². The number of nitrogens with one attached hydrogen (secondary N) is 2. The average molecular weight is 286 g/mol. The molecular formula is C11H18N4O3S. The van der Waals surface area contributed by atoms with Crippen molar-refractivity contribution in [3.8, 4) is 0 Å². The van der Waals surface area contributed by atoms with E-state index in [2.05, 4.69) is 15.6 Å². The van der Waals surface area contributed by atoms with Gasteiger partial charge in [0.25, 0.3) is 0 Å². The highest BCUT2D eigenvalue weighted by molar-refractivity contribution is 7.09. The molecule has 0 aliphatic heterocycles. The standard InChI is InChI=1S/C11H18N4O3S/c1-15(2)5-3-4-12-11(18)13-6-9-14-8(7-19-9)10(16)17/h7H,3-6H2,1-2H3,(H,16,17)(H2,12,13,18). The first-order chi connectivity index (χ1) is 8.99. The largest absolute Gasteiger partial charge is 0.476 e. The van der Waals surface area contributed by atoms with Gasteiger partial charge in [-0.1, -0.05) is 0 Å². The molecule has 0 unspecified atom stereocenters. The third-order valence-electron chi connectivity index (χ3n) is 2.24. The zero-order valence-corrected chi connectivity index (χ0v) is 11.8. The van der Waals surface area contributed by atoms with Gasteiger partial charge in [-0.05, 0) is 27.1 Å². The van der Waals surface area contributed by atoms with Crippen molar-refractivity contribution in [1.29, 1.82) is 0 Å². The Morgan fingerprint density at radius 2 is 2.16 bits per heavy atom. The highest BCUT2D eigenvalue weighted by Crippen LogP contribution is 2.09. The zero-order chi connectivity index (χ0) is 14.3. The number of aromatic nitrogens is 1. The van der Waals surface area contributed by atoms with Crippen LogP contribution in [0.5, 0.6) is 0 Å². The highest BCUT2D eigenvalue weighted by atomic mass is 32.1. The third kappa shape index (κ3) is 6.16. The Hall–Kier alpha value is -1.67. The summed E-state index contributed by atoms with van der Waals surface area (Å²) < 4.78 is 0. The minimum atomic E-state index is -1.06. The second kappa shape index (κ2) is 7.70. The maximum Gasteiger partial charge on any atom is 0.355 e. The number of hydrogen-bond acceptors (Lipinski definition) is 5. The molecular weight excluding hydrogens is 268 g/mol. The number of carboxylic acids is 1. The molecule has 1 heterocycles. The van der Waals surface area contributed by atoms with Crippen molar-refractivity contribution in [2.24, 2.45) is 0 Å². The fourth-order valence-electron chi connectivity index (χ4n) is 1.31. The SMILES string of the molecule is CN(C)CCCNC(=O)NCc1nc(C(=O)O)cs1. The van der Waals surface area contributed by atoms with Crippen LogP contribution in [-0.2, 0) is 6.54 Å². The second-order valence-corrected chi connectivity index (χ2v) is 5.14. The summed E-state index contributed by atoms with van der Waals surface area (Å²) in [6, 6.07) is -0.272. The van der Waals surface area contributed by atoms with E-state index in [9.17, 15) is 9.59 Å². The van der Waals surface area contributed by atoms with Crippen LogP contribution in [0.4, 0.5) is 4.79 Å². The molecule has 106 valence electrons. The predicted molar refractivity (Wildman–Crippen MR) is 72.5 cm³/mol. The predicted octanol–water partition coefficient (Wildman–Crippen LogP) is 0.592. The van der Waals surface area contributed by atoms with E-state index in [0.29, 0.717) is 11.6 Å². The van der Waals surface area contributed by atoms with Crippen LogP contribution in [0.2, 0.25) is 0 Å². The van der Waals surface area contributed by atoms with E-state index in [1.54, 1.807) is 0 Å². The van der Waals surface area contributed by atoms with Gasteiger partial charge in [0.05, 0.1) is 6.54 Å². The maximum absolute atomic E-state index is 11.4. The molecule has 0 saturated carbocycles. The number of carbonyl (C=O) groups excluding carboxylic acids is 1. The molecule has 3 N–H and O–H groups in total. The van der Waals surface area contributed by atoms with Gasteiger partial charge in [0, 0.05) is 11.9 Å². The van der Waals surface area contributed by atoms with E-state index in [4.69, 9.17) is 5.11 Å². The van der Waals surface area contributed by atoms with Crippen molar-refractivity contribution in [1.82, 2.24) is 20.5 Å². The fourth-order valence-corrected chi connectivity index (χ4v) is 2.01. The summed E-state index contributed by atoms with van der Waals surface area (Å²) in [5.74, 6) is -1.06. The molecule has 0 fully saturated rings. The number of amides is 2. The molecule has 0 bridgehead atoms. The number of aromatic carboxylic acids is 1.